The zero-order valence-electron chi connectivity index (χ0n) is 17.2. The van der Waals surface area contributed by atoms with E-state index in [1.165, 1.54) is 16.7 Å². The number of aliphatic hydroxyl groups is 1. The lowest BCUT2D eigenvalue weighted by Crippen LogP contribution is -2.14. The minimum atomic E-state index is -0.744. The Morgan fingerprint density at radius 3 is 2.48 bits per heavy atom. The standard InChI is InChI=1S/C23H26ClN3OS/c1-5-27(4)14-25-19-10-15(2)20(16(3)11-19)12-22-26-21(13-29-22)23(28)17-6-8-18(24)9-7-17/h6-11,13-14,23,28H,5,12H2,1-4H3. The van der Waals surface area contributed by atoms with Gasteiger partial charge in [-0.3, -0.25) is 0 Å². The summed E-state index contributed by atoms with van der Waals surface area (Å²) in [6, 6.07) is 11.4. The molecule has 0 saturated heterocycles. The molecule has 1 N–H and O–H groups in total. The highest BCUT2D eigenvalue weighted by Crippen LogP contribution is 2.28. The molecule has 3 aromatic rings. The molecule has 1 aromatic heterocycles. The number of hydrogen-bond donors (Lipinski definition) is 1. The normalized spacial score (nSPS) is 12.5. The number of aliphatic imine (C=N–C) groups is 1. The molecule has 0 aliphatic rings. The van der Waals surface area contributed by atoms with Crippen molar-refractivity contribution in [2.75, 3.05) is 13.6 Å². The number of aryl methyl sites for hydroxylation is 2. The molecule has 4 nitrogen and oxygen atoms in total. The third-order valence-corrected chi connectivity index (χ3v) is 6.07. The van der Waals surface area contributed by atoms with E-state index in [0.29, 0.717) is 10.7 Å². The molecule has 1 atom stereocenters. The zero-order chi connectivity index (χ0) is 21.0. The Balaban J connectivity index is 1.77. The summed E-state index contributed by atoms with van der Waals surface area (Å²) in [7, 11) is 2.01. The van der Waals surface area contributed by atoms with Gasteiger partial charge in [0.15, 0.2) is 0 Å². The molecule has 1 heterocycles. The fourth-order valence-electron chi connectivity index (χ4n) is 3.07. The Labute approximate surface area is 181 Å². The van der Waals surface area contributed by atoms with Gasteiger partial charge in [-0.2, -0.15) is 0 Å². The lowest BCUT2D eigenvalue weighted by molar-refractivity contribution is 0.216. The number of thiazole rings is 1. The van der Waals surface area contributed by atoms with E-state index in [9.17, 15) is 5.11 Å². The van der Waals surface area contributed by atoms with Crippen LogP contribution in [0.25, 0.3) is 0 Å². The Bertz CT molecular complexity index is 975. The number of halogens is 1. The van der Waals surface area contributed by atoms with Gasteiger partial charge in [0.1, 0.15) is 6.10 Å². The van der Waals surface area contributed by atoms with Crippen LogP contribution in [0.4, 0.5) is 5.69 Å². The summed E-state index contributed by atoms with van der Waals surface area (Å²) in [6.07, 6.45) is 1.86. The summed E-state index contributed by atoms with van der Waals surface area (Å²) >= 11 is 7.51. The number of aromatic nitrogens is 1. The first-order chi connectivity index (χ1) is 13.9. The largest absolute Gasteiger partial charge is 0.382 e. The van der Waals surface area contributed by atoms with Gasteiger partial charge >= 0.3 is 0 Å². The fraction of sp³-hybridized carbons (Fsp3) is 0.304. The quantitative estimate of drug-likeness (QED) is 0.388. The molecule has 0 spiro atoms. The van der Waals surface area contributed by atoms with E-state index in [1.807, 2.05) is 35.8 Å². The summed E-state index contributed by atoms with van der Waals surface area (Å²) in [6.45, 7) is 7.25. The molecular weight excluding hydrogens is 402 g/mol. The van der Waals surface area contributed by atoms with Crippen LogP contribution in [0.3, 0.4) is 0 Å². The number of rotatable bonds is 7. The maximum Gasteiger partial charge on any atom is 0.122 e. The summed E-state index contributed by atoms with van der Waals surface area (Å²) in [5.41, 5.74) is 6.08. The van der Waals surface area contributed by atoms with Crippen LogP contribution in [0.5, 0.6) is 0 Å². The van der Waals surface area contributed by atoms with E-state index in [2.05, 4.69) is 42.9 Å². The molecular formula is C23H26ClN3OS. The monoisotopic (exact) mass is 427 g/mol. The SMILES string of the molecule is CCN(C)C=Nc1cc(C)c(Cc2nc(C(O)c3ccc(Cl)cc3)cs2)c(C)c1. The maximum atomic E-state index is 10.6. The third-order valence-electron chi connectivity index (χ3n) is 4.95. The van der Waals surface area contributed by atoms with Gasteiger partial charge in [-0.25, -0.2) is 9.98 Å². The minimum Gasteiger partial charge on any atom is -0.382 e. The Morgan fingerprint density at radius 1 is 1.21 bits per heavy atom. The highest BCUT2D eigenvalue weighted by Gasteiger charge is 2.15. The van der Waals surface area contributed by atoms with Crippen LogP contribution in [-0.4, -0.2) is 34.9 Å². The number of aliphatic hydroxyl groups excluding tert-OH is 1. The lowest BCUT2D eigenvalue weighted by atomic mass is 9.99. The van der Waals surface area contributed by atoms with Crippen LogP contribution in [0.2, 0.25) is 5.02 Å². The summed E-state index contributed by atoms with van der Waals surface area (Å²) in [5, 5.41) is 14.2. The third kappa shape index (κ3) is 5.44. The maximum absolute atomic E-state index is 10.6. The average Bonchev–Trinajstić information content (AvgIpc) is 3.17. The molecule has 2 aromatic carbocycles. The lowest BCUT2D eigenvalue weighted by Gasteiger charge is -2.12. The first-order valence-corrected chi connectivity index (χ1v) is 10.9. The smallest absolute Gasteiger partial charge is 0.122 e. The molecule has 0 aliphatic heterocycles. The second-order valence-corrected chi connectivity index (χ2v) is 8.55. The Morgan fingerprint density at radius 2 is 1.86 bits per heavy atom. The van der Waals surface area contributed by atoms with Crippen molar-refractivity contribution in [1.29, 1.82) is 0 Å². The molecule has 0 amide bonds. The van der Waals surface area contributed by atoms with Crippen LogP contribution in [0, 0.1) is 13.8 Å². The van der Waals surface area contributed by atoms with Crippen molar-refractivity contribution in [3.8, 4) is 0 Å². The first kappa shape index (κ1) is 21.5. The van der Waals surface area contributed by atoms with Crippen molar-refractivity contribution < 1.29 is 5.11 Å². The van der Waals surface area contributed by atoms with Crippen molar-refractivity contribution in [3.05, 3.63) is 79.8 Å². The van der Waals surface area contributed by atoms with E-state index in [0.717, 1.165) is 29.2 Å². The van der Waals surface area contributed by atoms with Crippen LogP contribution < -0.4 is 0 Å². The van der Waals surface area contributed by atoms with Gasteiger partial charge in [0.05, 0.1) is 22.7 Å². The summed E-state index contributed by atoms with van der Waals surface area (Å²) < 4.78 is 0. The molecule has 0 radical (unpaired) electrons. The fourth-order valence-corrected chi connectivity index (χ4v) is 4.02. The Kier molecular flexibility index (Phi) is 7.06. The number of hydrogen-bond acceptors (Lipinski definition) is 4. The van der Waals surface area contributed by atoms with E-state index in [4.69, 9.17) is 11.6 Å². The predicted molar refractivity (Wildman–Crippen MR) is 123 cm³/mol. The average molecular weight is 428 g/mol. The van der Waals surface area contributed by atoms with Crippen LogP contribution in [0.1, 0.15) is 46.0 Å². The number of benzene rings is 2. The minimum absolute atomic E-state index is 0.653. The highest BCUT2D eigenvalue weighted by atomic mass is 35.5. The van der Waals surface area contributed by atoms with Gasteiger partial charge in [-0.1, -0.05) is 23.7 Å². The molecule has 0 fully saturated rings. The van der Waals surface area contributed by atoms with Gasteiger partial charge in [0, 0.05) is 30.4 Å². The Hall–Kier alpha value is -2.21. The van der Waals surface area contributed by atoms with Crippen molar-refractivity contribution >= 4 is 35.0 Å². The van der Waals surface area contributed by atoms with Gasteiger partial charge in [0.2, 0.25) is 0 Å². The molecule has 152 valence electrons. The van der Waals surface area contributed by atoms with E-state index >= 15 is 0 Å². The molecule has 0 aliphatic carbocycles. The van der Waals surface area contributed by atoms with Gasteiger partial charge in [-0.05, 0) is 67.3 Å². The molecule has 0 saturated carbocycles. The van der Waals surface area contributed by atoms with Crippen molar-refractivity contribution in [3.63, 3.8) is 0 Å². The zero-order valence-corrected chi connectivity index (χ0v) is 18.8. The second-order valence-electron chi connectivity index (χ2n) is 7.17. The highest BCUT2D eigenvalue weighted by molar-refractivity contribution is 7.09. The van der Waals surface area contributed by atoms with Crippen molar-refractivity contribution in [2.24, 2.45) is 4.99 Å². The number of nitrogens with zero attached hydrogens (tertiary/aromatic N) is 3. The van der Waals surface area contributed by atoms with E-state index in [1.54, 1.807) is 23.5 Å². The van der Waals surface area contributed by atoms with Gasteiger partial charge in [-0.15, -0.1) is 11.3 Å². The first-order valence-electron chi connectivity index (χ1n) is 9.59. The molecule has 29 heavy (non-hydrogen) atoms. The van der Waals surface area contributed by atoms with Gasteiger partial charge < -0.3 is 10.0 Å². The van der Waals surface area contributed by atoms with E-state index < -0.39 is 6.10 Å². The van der Waals surface area contributed by atoms with Crippen LogP contribution >= 0.6 is 22.9 Å². The van der Waals surface area contributed by atoms with Crippen LogP contribution in [-0.2, 0) is 6.42 Å². The summed E-state index contributed by atoms with van der Waals surface area (Å²) in [5.74, 6) is 0. The van der Waals surface area contributed by atoms with E-state index in [-0.39, 0.29) is 0 Å². The van der Waals surface area contributed by atoms with Crippen molar-refractivity contribution in [2.45, 2.75) is 33.3 Å². The topological polar surface area (TPSA) is 48.7 Å². The second kappa shape index (κ2) is 9.53. The predicted octanol–water partition coefficient (Wildman–Crippen LogP) is 5.70. The van der Waals surface area contributed by atoms with Crippen LogP contribution in [0.15, 0.2) is 46.8 Å². The molecule has 3 rings (SSSR count). The van der Waals surface area contributed by atoms with Gasteiger partial charge in [0.25, 0.3) is 0 Å². The summed E-state index contributed by atoms with van der Waals surface area (Å²) in [4.78, 5) is 11.3. The molecule has 0 bridgehead atoms. The molecule has 1 unspecified atom stereocenters. The molecule has 6 heteroatoms. The van der Waals surface area contributed by atoms with Crippen molar-refractivity contribution in [1.82, 2.24) is 9.88 Å².